The number of amides is 1. The van der Waals surface area contributed by atoms with Crippen LogP contribution in [0.1, 0.15) is 40.5 Å². The smallest absolute Gasteiger partial charge is 0.394 e. The highest BCUT2D eigenvalue weighted by Gasteiger charge is 2.48. The van der Waals surface area contributed by atoms with E-state index in [0.29, 0.717) is 0 Å². The molecule has 0 bridgehead atoms. The summed E-state index contributed by atoms with van der Waals surface area (Å²) in [5.41, 5.74) is -2.18. The molecule has 0 fully saturated rings. The molecule has 0 rings (SSSR count). The molecule has 0 saturated heterocycles. The summed E-state index contributed by atoms with van der Waals surface area (Å²) in [5.74, 6) is -2.14. The largest absolute Gasteiger partial charge is 0.480 e. The van der Waals surface area contributed by atoms with E-state index in [2.05, 4.69) is 5.32 Å². The molecule has 0 radical (unpaired) electrons. The lowest BCUT2D eigenvalue weighted by Crippen LogP contribution is -2.45. The minimum Gasteiger partial charge on any atom is -0.480 e. The summed E-state index contributed by atoms with van der Waals surface area (Å²) in [5, 5.41) is 11.0. The van der Waals surface area contributed by atoms with Crippen LogP contribution in [0, 0.1) is 11.3 Å². The first-order valence-corrected chi connectivity index (χ1v) is 5.95. The Balaban J connectivity index is 4.64. The van der Waals surface area contributed by atoms with Gasteiger partial charge in [0.05, 0.1) is 5.41 Å². The summed E-state index contributed by atoms with van der Waals surface area (Å²) in [6, 6.07) is -1.16. The first-order valence-electron chi connectivity index (χ1n) is 5.95. The highest BCUT2D eigenvalue weighted by atomic mass is 19.4. The third-order valence-corrected chi connectivity index (χ3v) is 2.71. The molecule has 0 aliphatic carbocycles. The van der Waals surface area contributed by atoms with Crippen LogP contribution in [-0.2, 0) is 9.59 Å². The number of alkyl halides is 3. The average molecular weight is 283 g/mol. The molecule has 19 heavy (non-hydrogen) atoms. The number of rotatable bonds is 6. The summed E-state index contributed by atoms with van der Waals surface area (Å²) >= 11 is 0. The molecular weight excluding hydrogens is 263 g/mol. The summed E-state index contributed by atoms with van der Waals surface area (Å²) in [7, 11) is 0. The predicted molar refractivity (Wildman–Crippen MR) is 63.5 cm³/mol. The second kappa shape index (κ2) is 6.25. The van der Waals surface area contributed by atoms with Crippen LogP contribution in [0.3, 0.4) is 0 Å². The van der Waals surface area contributed by atoms with Crippen molar-refractivity contribution in [2.45, 2.75) is 52.8 Å². The number of nitrogens with one attached hydrogen (secondary N) is 1. The molecule has 2 N–H and O–H groups in total. The van der Waals surface area contributed by atoms with Crippen LogP contribution in [0.5, 0.6) is 0 Å². The molecule has 7 heteroatoms. The highest BCUT2D eigenvalue weighted by Crippen LogP contribution is 2.40. The molecule has 0 aromatic rings. The summed E-state index contributed by atoms with van der Waals surface area (Å²) in [6.07, 6.45) is -5.13. The number of carbonyl (C=O) groups excluding carboxylic acids is 1. The van der Waals surface area contributed by atoms with E-state index in [1.807, 2.05) is 0 Å². The van der Waals surface area contributed by atoms with Crippen LogP contribution in [-0.4, -0.2) is 29.2 Å². The molecular formula is C12H20F3NO3. The monoisotopic (exact) mass is 283 g/mol. The van der Waals surface area contributed by atoms with Crippen molar-refractivity contribution in [2.75, 3.05) is 0 Å². The minimum atomic E-state index is -4.51. The van der Waals surface area contributed by atoms with E-state index in [-0.39, 0.29) is 12.3 Å². The van der Waals surface area contributed by atoms with Crippen molar-refractivity contribution in [1.29, 1.82) is 0 Å². The number of hydrogen-bond donors (Lipinski definition) is 2. The molecule has 4 nitrogen and oxygen atoms in total. The summed E-state index contributed by atoms with van der Waals surface area (Å²) in [6.45, 7) is 5.35. The van der Waals surface area contributed by atoms with Crippen LogP contribution in [0.4, 0.5) is 13.2 Å². The van der Waals surface area contributed by atoms with E-state index < -0.39 is 35.9 Å². The van der Waals surface area contributed by atoms with Crippen molar-refractivity contribution in [2.24, 2.45) is 11.3 Å². The Kier molecular flexibility index (Phi) is 5.83. The van der Waals surface area contributed by atoms with Gasteiger partial charge in [0.15, 0.2) is 0 Å². The molecule has 112 valence electrons. The van der Waals surface area contributed by atoms with Gasteiger partial charge in [0.2, 0.25) is 5.91 Å². The van der Waals surface area contributed by atoms with Crippen molar-refractivity contribution in [3.8, 4) is 0 Å². The van der Waals surface area contributed by atoms with Gasteiger partial charge >= 0.3 is 12.1 Å². The van der Waals surface area contributed by atoms with Gasteiger partial charge in [-0.2, -0.15) is 13.2 Å². The quantitative estimate of drug-likeness (QED) is 0.787. The van der Waals surface area contributed by atoms with Crippen LogP contribution in [0.2, 0.25) is 0 Å². The van der Waals surface area contributed by atoms with Gasteiger partial charge in [-0.1, -0.05) is 27.7 Å². The Labute approximate surface area is 110 Å². The van der Waals surface area contributed by atoms with E-state index in [1.165, 1.54) is 0 Å². The molecule has 1 amide bonds. The third-order valence-electron chi connectivity index (χ3n) is 2.71. The fraction of sp³-hybridized carbons (Fsp3) is 0.833. The van der Waals surface area contributed by atoms with Gasteiger partial charge < -0.3 is 10.4 Å². The molecule has 0 aliphatic rings. The average Bonchev–Trinajstić information content (AvgIpc) is 2.12. The molecule has 0 aliphatic heterocycles. The van der Waals surface area contributed by atoms with Crippen molar-refractivity contribution in [1.82, 2.24) is 5.32 Å². The van der Waals surface area contributed by atoms with Crippen LogP contribution < -0.4 is 5.32 Å². The lowest BCUT2D eigenvalue weighted by Gasteiger charge is -2.27. The highest BCUT2D eigenvalue weighted by molar-refractivity contribution is 5.83. The summed E-state index contributed by atoms with van der Waals surface area (Å²) < 4.78 is 37.8. The standard InChI is InChI=1S/C12H20F3NO3/c1-7(2)5-8(10(18)19)16-9(17)6-11(3,4)12(13,14)15/h7-8H,5-6H2,1-4H3,(H,16,17)(H,18,19)/t8-/m1/s1. The molecule has 0 unspecified atom stereocenters. The van der Waals surface area contributed by atoms with E-state index in [9.17, 15) is 22.8 Å². The molecule has 1 atom stereocenters. The maximum atomic E-state index is 12.6. The fourth-order valence-electron chi connectivity index (χ4n) is 1.44. The SMILES string of the molecule is CC(C)C[C@@H](NC(=O)CC(C)(C)C(F)(F)F)C(=O)O. The van der Waals surface area contributed by atoms with E-state index in [0.717, 1.165) is 13.8 Å². The van der Waals surface area contributed by atoms with Crippen molar-refractivity contribution >= 4 is 11.9 Å². The van der Waals surface area contributed by atoms with Gasteiger partial charge in [0, 0.05) is 6.42 Å². The molecule has 0 heterocycles. The maximum Gasteiger partial charge on any atom is 0.394 e. The van der Waals surface area contributed by atoms with Crippen LogP contribution in [0.25, 0.3) is 0 Å². The van der Waals surface area contributed by atoms with Gasteiger partial charge in [-0.15, -0.1) is 0 Å². The molecule has 0 saturated carbocycles. The van der Waals surface area contributed by atoms with E-state index in [1.54, 1.807) is 13.8 Å². The predicted octanol–water partition coefficient (Wildman–Crippen LogP) is 2.58. The van der Waals surface area contributed by atoms with Crippen molar-refractivity contribution < 1.29 is 27.9 Å². The summed E-state index contributed by atoms with van der Waals surface area (Å²) in [4.78, 5) is 22.4. The number of carboxylic acid groups (broad SMARTS) is 1. The Morgan fingerprint density at radius 3 is 2.00 bits per heavy atom. The lowest BCUT2D eigenvalue weighted by molar-refractivity contribution is -0.213. The Morgan fingerprint density at radius 1 is 1.21 bits per heavy atom. The first-order chi connectivity index (χ1) is 8.36. The van der Waals surface area contributed by atoms with Gasteiger partial charge in [0.1, 0.15) is 6.04 Å². The Bertz CT molecular complexity index is 338. The van der Waals surface area contributed by atoms with Crippen molar-refractivity contribution in [3.05, 3.63) is 0 Å². The van der Waals surface area contributed by atoms with Gasteiger partial charge in [-0.25, -0.2) is 4.79 Å². The zero-order chi connectivity index (χ0) is 15.4. The lowest BCUT2D eigenvalue weighted by atomic mass is 9.88. The van der Waals surface area contributed by atoms with Crippen LogP contribution in [0.15, 0.2) is 0 Å². The second-order valence-electron chi connectivity index (χ2n) is 5.65. The van der Waals surface area contributed by atoms with Crippen molar-refractivity contribution in [3.63, 3.8) is 0 Å². The van der Waals surface area contributed by atoms with Gasteiger partial charge in [0.25, 0.3) is 0 Å². The number of aliphatic carboxylic acids is 1. The van der Waals surface area contributed by atoms with Gasteiger partial charge in [-0.3, -0.25) is 4.79 Å². The second-order valence-corrected chi connectivity index (χ2v) is 5.65. The Morgan fingerprint density at radius 2 is 1.68 bits per heavy atom. The zero-order valence-electron chi connectivity index (χ0n) is 11.5. The fourth-order valence-corrected chi connectivity index (χ4v) is 1.44. The maximum absolute atomic E-state index is 12.6. The Hall–Kier alpha value is -1.27. The minimum absolute atomic E-state index is 0.0111. The molecule has 0 aromatic heterocycles. The zero-order valence-corrected chi connectivity index (χ0v) is 11.5. The van der Waals surface area contributed by atoms with Crippen LogP contribution >= 0.6 is 0 Å². The topological polar surface area (TPSA) is 66.4 Å². The third kappa shape index (κ3) is 5.94. The number of carboxylic acids is 1. The normalized spacial score (nSPS) is 14.3. The number of hydrogen-bond acceptors (Lipinski definition) is 2. The first kappa shape index (κ1) is 17.7. The molecule has 0 aromatic carbocycles. The van der Waals surface area contributed by atoms with Gasteiger partial charge in [-0.05, 0) is 12.3 Å². The number of halogens is 3. The van der Waals surface area contributed by atoms with E-state index in [4.69, 9.17) is 5.11 Å². The molecule has 0 spiro atoms. The number of carbonyl (C=O) groups is 2. The van der Waals surface area contributed by atoms with E-state index >= 15 is 0 Å².